The van der Waals surface area contributed by atoms with E-state index >= 15 is 0 Å². The van der Waals surface area contributed by atoms with Gasteiger partial charge in [0.05, 0.1) is 19.1 Å². The molecule has 0 radical (unpaired) electrons. The van der Waals surface area contributed by atoms with Gasteiger partial charge in [0.2, 0.25) is 17.7 Å². The quantitative estimate of drug-likeness (QED) is 0.617. The highest BCUT2D eigenvalue weighted by Gasteiger charge is 2.08. The molecule has 0 aliphatic heterocycles. The number of nitrogens with one attached hydrogen (secondary N) is 3. The first kappa shape index (κ1) is 19.8. The van der Waals surface area contributed by atoms with Gasteiger partial charge in [-0.05, 0) is 36.4 Å². The van der Waals surface area contributed by atoms with Gasteiger partial charge in [-0.1, -0.05) is 0 Å². The summed E-state index contributed by atoms with van der Waals surface area (Å²) in [6.45, 7) is 1.57. The monoisotopic (exact) mass is 371 g/mol. The molecule has 3 N–H and O–H groups in total. The van der Waals surface area contributed by atoms with Gasteiger partial charge in [0.25, 0.3) is 0 Å². The Morgan fingerprint density at radius 2 is 2.00 bits per heavy atom. The Hall–Kier alpha value is -3.55. The molecular weight excluding hydrogens is 350 g/mol. The summed E-state index contributed by atoms with van der Waals surface area (Å²) in [7, 11) is 1.49. The minimum Gasteiger partial charge on any atom is -0.495 e. The Morgan fingerprint density at radius 3 is 2.67 bits per heavy atom. The second kappa shape index (κ2) is 9.81. The predicted octanol–water partition coefficient (Wildman–Crippen LogP) is 2.40. The average molecular weight is 371 g/mol. The van der Waals surface area contributed by atoms with E-state index in [0.29, 0.717) is 22.9 Å². The number of rotatable bonds is 8. The largest absolute Gasteiger partial charge is 0.495 e. The lowest BCUT2D eigenvalue weighted by molar-refractivity contribution is -0.117. The number of carbonyl (C=O) groups excluding carboxylic acids is 3. The number of ether oxygens (including phenoxy) is 1. The van der Waals surface area contributed by atoms with E-state index in [2.05, 4.69) is 16.0 Å². The number of anilines is 2. The summed E-state index contributed by atoms with van der Waals surface area (Å²) in [4.78, 5) is 34.9. The molecule has 8 nitrogen and oxygen atoms in total. The minimum absolute atomic E-state index is 0.0990. The van der Waals surface area contributed by atoms with Crippen molar-refractivity contribution in [1.29, 1.82) is 0 Å². The number of hydrogen-bond acceptors (Lipinski definition) is 5. The van der Waals surface area contributed by atoms with E-state index in [9.17, 15) is 14.4 Å². The van der Waals surface area contributed by atoms with Crippen molar-refractivity contribution < 1.29 is 23.5 Å². The SMILES string of the molecule is COc1ccc(NC(=O)CCNC(=O)/C=C/c2ccco2)cc1NC(C)=O. The molecular formula is C19H21N3O5. The van der Waals surface area contributed by atoms with E-state index in [0.717, 1.165) is 0 Å². The molecule has 0 saturated carbocycles. The molecule has 0 unspecified atom stereocenters. The molecule has 0 bridgehead atoms. The van der Waals surface area contributed by atoms with Crippen molar-refractivity contribution in [2.45, 2.75) is 13.3 Å². The lowest BCUT2D eigenvalue weighted by atomic mass is 10.2. The fourth-order valence-corrected chi connectivity index (χ4v) is 2.20. The van der Waals surface area contributed by atoms with Crippen LogP contribution in [0.1, 0.15) is 19.1 Å². The molecule has 0 atom stereocenters. The zero-order chi connectivity index (χ0) is 19.6. The maximum Gasteiger partial charge on any atom is 0.244 e. The molecule has 1 aromatic heterocycles. The third-order valence-corrected chi connectivity index (χ3v) is 3.39. The van der Waals surface area contributed by atoms with Gasteiger partial charge >= 0.3 is 0 Å². The minimum atomic E-state index is -0.323. The molecule has 2 rings (SSSR count). The van der Waals surface area contributed by atoms with Crippen LogP contribution in [0.25, 0.3) is 6.08 Å². The number of methoxy groups -OCH3 is 1. The van der Waals surface area contributed by atoms with Gasteiger partial charge in [0.1, 0.15) is 11.5 Å². The molecule has 0 saturated heterocycles. The topological polar surface area (TPSA) is 110 Å². The molecule has 142 valence electrons. The van der Waals surface area contributed by atoms with Crippen molar-refractivity contribution >= 4 is 35.2 Å². The number of benzene rings is 1. The summed E-state index contributed by atoms with van der Waals surface area (Å²) in [5, 5.41) is 7.95. The summed E-state index contributed by atoms with van der Waals surface area (Å²) < 4.78 is 10.2. The van der Waals surface area contributed by atoms with Gasteiger partial charge in [0.15, 0.2) is 0 Å². The van der Waals surface area contributed by atoms with Gasteiger partial charge in [0, 0.05) is 31.7 Å². The molecule has 0 aliphatic rings. The van der Waals surface area contributed by atoms with E-state index in [4.69, 9.17) is 9.15 Å². The molecule has 0 fully saturated rings. The molecule has 0 aliphatic carbocycles. The van der Waals surface area contributed by atoms with Crippen molar-refractivity contribution in [1.82, 2.24) is 5.32 Å². The Kier molecular flexibility index (Phi) is 7.18. The first-order chi connectivity index (χ1) is 13.0. The molecule has 3 amide bonds. The molecule has 1 heterocycles. The lowest BCUT2D eigenvalue weighted by Crippen LogP contribution is -2.26. The van der Waals surface area contributed by atoms with Gasteiger partial charge < -0.3 is 25.1 Å². The third kappa shape index (κ3) is 6.69. The summed E-state index contributed by atoms with van der Waals surface area (Å²) in [5.41, 5.74) is 0.966. The van der Waals surface area contributed by atoms with Gasteiger partial charge in [-0.15, -0.1) is 0 Å². The fraction of sp³-hybridized carbons (Fsp3) is 0.211. The van der Waals surface area contributed by atoms with Crippen molar-refractivity contribution in [3.8, 4) is 5.75 Å². The van der Waals surface area contributed by atoms with Crippen molar-refractivity contribution in [3.63, 3.8) is 0 Å². The zero-order valence-corrected chi connectivity index (χ0v) is 15.1. The van der Waals surface area contributed by atoms with Crippen LogP contribution in [0, 0.1) is 0 Å². The van der Waals surface area contributed by atoms with Crippen LogP contribution in [0.3, 0.4) is 0 Å². The van der Waals surface area contributed by atoms with E-state index in [-0.39, 0.29) is 30.7 Å². The van der Waals surface area contributed by atoms with Crippen LogP contribution in [0.15, 0.2) is 47.1 Å². The van der Waals surface area contributed by atoms with Crippen molar-refractivity contribution in [2.24, 2.45) is 0 Å². The van der Waals surface area contributed by atoms with Gasteiger partial charge in [-0.25, -0.2) is 0 Å². The standard InChI is InChI=1S/C19H21N3O5/c1-13(23)21-16-12-14(5-7-17(16)26-2)22-19(25)9-10-20-18(24)8-6-15-4-3-11-27-15/h3-8,11-12H,9-10H2,1-2H3,(H,20,24)(H,21,23)(H,22,25)/b8-6+. The number of hydrogen-bond donors (Lipinski definition) is 3. The highest BCUT2D eigenvalue weighted by molar-refractivity contribution is 5.95. The smallest absolute Gasteiger partial charge is 0.244 e. The van der Waals surface area contributed by atoms with Crippen LogP contribution < -0.4 is 20.7 Å². The summed E-state index contributed by atoms with van der Waals surface area (Å²) >= 11 is 0. The highest BCUT2D eigenvalue weighted by Crippen LogP contribution is 2.27. The Balaban J connectivity index is 1.81. The van der Waals surface area contributed by atoms with E-state index in [1.54, 1.807) is 30.3 Å². The summed E-state index contributed by atoms with van der Waals surface area (Å²) in [6, 6.07) is 8.34. The van der Waals surface area contributed by atoms with Crippen LogP contribution in [0.5, 0.6) is 5.75 Å². The van der Waals surface area contributed by atoms with Crippen LogP contribution in [0.4, 0.5) is 11.4 Å². The fourth-order valence-electron chi connectivity index (χ4n) is 2.20. The Bertz CT molecular complexity index is 828. The number of amides is 3. The third-order valence-electron chi connectivity index (χ3n) is 3.39. The zero-order valence-electron chi connectivity index (χ0n) is 15.1. The lowest BCUT2D eigenvalue weighted by Gasteiger charge is -2.12. The maximum atomic E-state index is 12.0. The normalized spacial score (nSPS) is 10.4. The van der Waals surface area contributed by atoms with Gasteiger partial charge in [-0.3, -0.25) is 14.4 Å². The maximum absolute atomic E-state index is 12.0. The number of carbonyl (C=O) groups is 3. The van der Waals surface area contributed by atoms with E-state index in [1.807, 2.05) is 0 Å². The first-order valence-electron chi connectivity index (χ1n) is 8.23. The van der Waals surface area contributed by atoms with Crippen molar-refractivity contribution in [2.75, 3.05) is 24.3 Å². The van der Waals surface area contributed by atoms with Crippen LogP contribution in [0.2, 0.25) is 0 Å². The van der Waals surface area contributed by atoms with E-state index < -0.39 is 0 Å². The van der Waals surface area contributed by atoms with Gasteiger partial charge in [-0.2, -0.15) is 0 Å². The van der Waals surface area contributed by atoms with Crippen LogP contribution >= 0.6 is 0 Å². The summed E-state index contributed by atoms with van der Waals surface area (Å²) in [5.74, 6) is 0.208. The molecule has 27 heavy (non-hydrogen) atoms. The van der Waals surface area contributed by atoms with E-state index in [1.165, 1.54) is 32.4 Å². The number of furan rings is 1. The molecule has 1 aromatic carbocycles. The van der Waals surface area contributed by atoms with Crippen LogP contribution in [-0.4, -0.2) is 31.4 Å². The highest BCUT2D eigenvalue weighted by atomic mass is 16.5. The Morgan fingerprint density at radius 1 is 1.19 bits per heavy atom. The first-order valence-corrected chi connectivity index (χ1v) is 8.23. The Labute approximate surface area is 156 Å². The van der Waals surface area contributed by atoms with Crippen LogP contribution in [-0.2, 0) is 14.4 Å². The van der Waals surface area contributed by atoms with Crippen molar-refractivity contribution in [3.05, 3.63) is 48.4 Å². The molecule has 2 aromatic rings. The second-order valence-electron chi connectivity index (χ2n) is 5.53. The second-order valence-corrected chi connectivity index (χ2v) is 5.53. The summed E-state index contributed by atoms with van der Waals surface area (Å²) in [6.07, 6.45) is 4.48. The average Bonchev–Trinajstić information content (AvgIpc) is 3.13. The predicted molar refractivity (Wildman–Crippen MR) is 101 cm³/mol. The molecule has 0 spiro atoms. The molecule has 8 heteroatoms.